The van der Waals surface area contributed by atoms with Crippen LogP contribution >= 0.6 is 11.6 Å². The van der Waals surface area contributed by atoms with Crippen LogP contribution in [-0.4, -0.2) is 22.4 Å². The monoisotopic (exact) mass is 315 g/mol. The Hall–Kier alpha value is -2.53. The Morgan fingerprint density at radius 1 is 1.05 bits per heavy atom. The molecule has 0 unspecified atom stereocenters. The Bertz CT molecular complexity index is 865. The maximum absolute atomic E-state index is 12.1. The lowest BCUT2D eigenvalue weighted by atomic mass is 10.1. The molecular formula is C16H14ClN3O2. The largest absolute Gasteiger partial charge is 0.352 e. The van der Waals surface area contributed by atoms with E-state index < -0.39 is 0 Å². The highest BCUT2D eigenvalue weighted by Crippen LogP contribution is 2.11. The maximum atomic E-state index is 12.1. The van der Waals surface area contributed by atoms with Gasteiger partial charge in [0.25, 0.3) is 5.91 Å². The van der Waals surface area contributed by atoms with Gasteiger partial charge >= 0.3 is 5.69 Å². The van der Waals surface area contributed by atoms with Crippen LogP contribution < -0.4 is 11.0 Å². The second-order valence-electron chi connectivity index (χ2n) is 4.97. The molecule has 0 fully saturated rings. The van der Waals surface area contributed by atoms with E-state index in [1.807, 2.05) is 24.3 Å². The number of aromatic amines is 2. The van der Waals surface area contributed by atoms with Crippen LogP contribution in [0.25, 0.3) is 11.0 Å². The molecule has 1 amide bonds. The summed E-state index contributed by atoms with van der Waals surface area (Å²) in [5, 5.41) is 3.56. The van der Waals surface area contributed by atoms with Crippen molar-refractivity contribution in [1.29, 1.82) is 0 Å². The highest BCUT2D eigenvalue weighted by molar-refractivity contribution is 6.30. The molecule has 2 aromatic carbocycles. The van der Waals surface area contributed by atoms with Crippen molar-refractivity contribution in [3.63, 3.8) is 0 Å². The first-order valence-electron chi connectivity index (χ1n) is 6.86. The predicted molar refractivity (Wildman–Crippen MR) is 86.4 cm³/mol. The van der Waals surface area contributed by atoms with Crippen molar-refractivity contribution in [3.05, 3.63) is 69.1 Å². The maximum Gasteiger partial charge on any atom is 0.323 e. The number of carbonyl (C=O) groups is 1. The van der Waals surface area contributed by atoms with Crippen LogP contribution in [-0.2, 0) is 6.42 Å². The first-order chi connectivity index (χ1) is 10.6. The van der Waals surface area contributed by atoms with E-state index in [1.165, 1.54) is 0 Å². The number of benzene rings is 2. The number of rotatable bonds is 4. The normalized spacial score (nSPS) is 10.8. The highest BCUT2D eigenvalue weighted by atomic mass is 35.5. The third-order valence-corrected chi connectivity index (χ3v) is 3.64. The van der Waals surface area contributed by atoms with E-state index >= 15 is 0 Å². The predicted octanol–water partition coefficient (Wildman–Crippen LogP) is 2.48. The smallest absolute Gasteiger partial charge is 0.323 e. The summed E-state index contributed by atoms with van der Waals surface area (Å²) in [5.41, 5.74) is 2.64. The molecule has 0 aliphatic rings. The molecule has 0 saturated heterocycles. The van der Waals surface area contributed by atoms with Crippen LogP contribution in [0.1, 0.15) is 15.9 Å². The molecule has 22 heavy (non-hydrogen) atoms. The fourth-order valence-electron chi connectivity index (χ4n) is 2.25. The van der Waals surface area contributed by atoms with Gasteiger partial charge in [-0.1, -0.05) is 23.7 Å². The van der Waals surface area contributed by atoms with Crippen molar-refractivity contribution >= 4 is 28.5 Å². The van der Waals surface area contributed by atoms with Crippen LogP contribution in [0.15, 0.2) is 47.3 Å². The Balaban J connectivity index is 1.63. The van der Waals surface area contributed by atoms with Gasteiger partial charge in [-0.15, -0.1) is 0 Å². The van der Waals surface area contributed by atoms with Crippen LogP contribution in [0.3, 0.4) is 0 Å². The SMILES string of the molecule is O=C(NCCc1ccc(Cl)cc1)c1ccc2[nH]c(=O)[nH]c2c1. The number of nitrogens with one attached hydrogen (secondary N) is 3. The summed E-state index contributed by atoms with van der Waals surface area (Å²) in [6.07, 6.45) is 0.728. The quantitative estimate of drug-likeness (QED) is 0.691. The third kappa shape index (κ3) is 3.20. The van der Waals surface area contributed by atoms with Crippen molar-refractivity contribution in [1.82, 2.24) is 15.3 Å². The molecule has 5 nitrogen and oxygen atoms in total. The van der Waals surface area contributed by atoms with Gasteiger partial charge in [-0.05, 0) is 42.3 Å². The molecule has 0 bridgehead atoms. The zero-order chi connectivity index (χ0) is 15.5. The number of aromatic nitrogens is 2. The molecule has 0 spiro atoms. The van der Waals surface area contributed by atoms with Gasteiger partial charge in [0.2, 0.25) is 0 Å². The van der Waals surface area contributed by atoms with Crippen LogP contribution in [0.4, 0.5) is 0 Å². The lowest BCUT2D eigenvalue weighted by molar-refractivity contribution is 0.0954. The van der Waals surface area contributed by atoms with E-state index in [1.54, 1.807) is 18.2 Å². The average Bonchev–Trinajstić information content (AvgIpc) is 2.88. The molecule has 3 rings (SSSR count). The minimum Gasteiger partial charge on any atom is -0.352 e. The van der Waals surface area contributed by atoms with Gasteiger partial charge in [-0.25, -0.2) is 4.79 Å². The molecule has 6 heteroatoms. The van der Waals surface area contributed by atoms with Gasteiger partial charge in [0.1, 0.15) is 0 Å². The lowest BCUT2D eigenvalue weighted by Gasteiger charge is -2.06. The Labute approximate surface area is 131 Å². The van der Waals surface area contributed by atoms with Gasteiger partial charge < -0.3 is 15.3 Å². The fraction of sp³-hybridized carbons (Fsp3) is 0.125. The number of amides is 1. The first kappa shape index (κ1) is 14.4. The second-order valence-corrected chi connectivity index (χ2v) is 5.41. The number of halogens is 1. The summed E-state index contributed by atoms with van der Waals surface area (Å²) in [5.74, 6) is -0.169. The number of carbonyl (C=O) groups excluding carboxylic acids is 1. The third-order valence-electron chi connectivity index (χ3n) is 3.39. The van der Waals surface area contributed by atoms with Gasteiger partial charge in [-0.3, -0.25) is 4.79 Å². The first-order valence-corrected chi connectivity index (χ1v) is 7.24. The summed E-state index contributed by atoms with van der Waals surface area (Å²) < 4.78 is 0. The molecule has 0 atom stereocenters. The van der Waals surface area contributed by atoms with E-state index in [0.29, 0.717) is 28.2 Å². The van der Waals surface area contributed by atoms with E-state index in [-0.39, 0.29) is 11.6 Å². The van der Waals surface area contributed by atoms with Gasteiger partial charge in [0.15, 0.2) is 0 Å². The summed E-state index contributed by atoms with van der Waals surface area (Å²) in [4.78, 5) is 28.6. The average molecular weight is 316 g/mol. The Kier molecular flexibility index (Phi) is 3.98. The minimum absolute atomic E-state index is 0.169. The Morgan fingerprint density at radius 2 is 1.77 bits per heavy atom. The van der Waals surface area contributed by atoms with E-state index in [0.717, 1.165) is 12.0 Å². The molecular weight excluding hydrogens is 302 g/mol. The van der Waals surface area contributed by atoms with Crippen LogP contribution in [0.2, 0.25) is 5.02 Å². The van der Waals surface area contributed by atoms with E-state index in [2.05, 4.69) is 15.3 Å². The number of imidazole rings is 1. The molecule has 0 aliphatic carbocycles. The number of H-pyrrole nitrogens is 2. The minimum atomic E-state index is -0.282. The number of fused-ring (bicyclic) bond motifs is 1. The van der Waals surface area contributed by atoms with Gasteiger partial charge in [-0.2, -0.15) is 0 Å². The van der Waals surface area contributed by atoms with Gasteiger partial charge in [0.05, 0.1) is 11.0 Å². The molecule has 0 saturated carbocycles. The zero-order valence-corrected chi connectivity index (χ0v) is 12.4. The van der Waals surface area contributed by atoms with Crippen molar-refractivity contribution < 1.29 is 4.79 Å². The summed E-state index contributed by atoms with van der Waals surface area (Å²) >= 11 is 5.83. The number of hydrogen-bond acceptors (Lipinski definition) is 2. The zero-order valence-electron chi connectivity index (χ0n) is 11.7. The standard InChI is InChI=1S/C16H14ClN3O2/c17-12-4-1-10(2-5-12)7-8-18-15(21)11-3-6-13-14(9-11)20-16(22)19-13/h1-6,9H,7-8H2,(H,18,21)(H2,19,20,22). The fourth-order valence-corrected chi connectivity index (χ4v) is 2.37. The summed E-state index contributed by atoms with van der Waals surface area (Å²) in [7, 11) is 0. The number of hydrogen-bond donors (Lipinski definition) is 3. The topological polar surface area (TPSA) is 77.8 Å². The summed E-state index contributed by atoms with van der Waals surface area (Å²) in [6.45, 7) is 0.530. The molecule has 1 aromatic heterocycles. The van der Waals surface area contributed by atoms with Crippen LogP contribution in [0.5, 0.6) is 0 Å². The molecule has 1 heterocycles. The molecule has 0 aliphatic heterocycles. The molecule has 0 radical (unpaired) electrons. The Morgan fingerprint density at radius 3 is 2.55 bits per heavy atom. The summed E-state index contributed by atoms with van der Waals surface area (Å²) in [6, 6.07) is 12.6. The highest BCUT2D eigenvalue weighted by Gasteiger charge is 2.07. The lowest BCUT2D eigenvalue weighted by Crippen LogP contribution is -2.25. The van der Waals surface area contributed by atoms with Crippen molar-refractivity contribution in [2.24, 2.45) is 0 Å². The van der Waals surface area contributed by atoms with E-state index in [9.17, 15) is 9.59 Å². The molecule has 3 aromatic rings. The molecule has 3 N–H and O–H groups in total. The second kappa shape index (κ2) is 6.07. The molecule has 112 valence electrons. The van der Waals surface area contributed by atoms with E-state index in [4.69, 9.17) is 11.6 Å². The van der Waals surface area contributed by atoms with Crippen molar-refractivity contribution in [3.8, 4) is 0 Å². The van der Waals surface area contributed by atoms with Gasteiger partial charge in [0, 0.05) is 17.1 Å². The van der Waals surface area contributed by atoms with Crippen molar-refractivity contribution in [2.45, 2.75) is 6.42 Å². The van der Waals surface area contributed by atoms with Crippen LogP contribution in [0, 0.1) is 0 Å². The van der Waals surface area contributed by atoms with Crippen molar-refractivity contribution in [2.75, 3.05) is 6.54 Å².